The quantitative estimate of drug-likeness (QED) is 0.728. The van der Waals surface area contributed by atoms with Gasteiger partial charge in [0.25, 0.3) is 0 Å². The van der Waals surface area contributed by atoms with E-state index in [0.717, 1.165) is 31.6 Å². The molecule has 4 heteroatoms. The molecule has 0 radical (unpaired) electrons. The monoisotopic (exact) mass is 277 g/mol. The maximum absolute atomic E-state index is 11.3. The van der Waals surface area contributed by atoms with Gasteiger partial charge in [-0.25, -0.2) is 0 Å². The zero-order chi connectivity index (χ0) is 15.0. The number of carbonyl (C=O) groups is 1. The molecule has 0 bridgehead atoms. The van der Waals surface area contributed by atoms with Gasteiger partial charge in [0.2, 0.25) is 5.91 Å². The number of amides is 1. The number of hydrogen-bond donors (Lipinski definition) is 2. The summed E-state index contributed by atoms with van der Waals surface area (Å²) in [6.45, 7) is 8.34. The highest BCUT2D eigenvalue weighted by Gasteiger charge is 2.12. The van der Waals surface area contributed by atoms with Crippen LogP contribution in [0.2, 0.25) is 0 Å². The first kappa shape index (κ1) is 16.5. The van der Waals surface area contributed by atoms with E-state index in [0.29, 0.717) is 6.04 Å². The number of nitrogens with zero attached hydrogens (tertiary/aromatic N) is 1. The molecule has 0 unspecified atom stereocenters. The summed E-state index contributed by atoms with van der Waals surface area (Å²) in [5, 5.41) is 3.42. The summed E-state index contributed by atoms with van der Waals surface area (Å²) in [4.78, 5) is 13.4. The van der Waals surface area contributed by atoms with Gasteiger partial charge in [-0.15, -0.1) is 0 Å². The third-order valence-electron chi connectivity index (χ3n) is 3.16. The van der Waals surface area contributed by atoms with Crippen molar-refractivity contribution in [2.24, 2.45) is 5.73 Å². The lowest BCUT2D eigenvalue weighted by atomic mass is 10.1. The van der Waals surface area contributed by atoms with Gasteiger partial charge in [0, 0.05) is 24.8 Å². The third kappa shape index (κ3) is 5.61. The van der Waals surface area contributed by atoms with E-state index in [1.54, 1.807) is 0 Å². The summed E-state index contributed by atoms with van der Waals surface area (Å²) in [5.41, 5.74) is 7.69. The molecule has 0 aliphatic carbocycles. The van der Waals surface area contributed by atoms with E-state index in [1.165, 1.54) is 5.56 Å². The minimum Gasteiger partial charge on any atom is -0.368 e. The van der Waals surface area contributed by atoms with Crippen molar-refractivity contribution in [3.05, 3.63) is 29.8 Å². The molecule has 0 aliphatic heterocycles. The fraction of sp³-hybridized carbons (Fsp3) is 0.562. The Balaban J connectivity index is 2.89. The van der Waals surface area contributed by atoms with Crippen molar-refractivity contribution in [2.45, 2.75) is 46.2 Å². The van der Waals surface area contributed by atoms with E-state index in [9.17, 15) is 4.79 Å². The smallest absolute Gasteiger partial charge is 0.236 e. The summed E-state index contributed by atoms with van der Waals surface area (Å²) in [6, 6.07) is 8.64. The lowest BCUT2D eigenvalue weighted by Gasteiger charge is -2.26. The van der Waals surface area contributed by atoms with E-state index < -0.39 is 0 Å². The van der Waals surface area contributed by atoms with Crippen molar-refractivity contribution in [3.8, 4) is 0 Å². The van der Waals surface area contributed by atoms with Gasteiger partial charge in [0.15, 0.2) is 0 Å². The number of hydrogen-bond acceptors (Lipinski definition) is 3. The van der Waals surface area contributed by atoms with E-state index in [2.05, 4.69) is 43.1 Å². The predicted octanol–water partition coefficient (Wildman–Crippen LogP) is 2.28. The van der Waals surface area contributed by atoms with Gasteiger partial charge in [-0.3, -0.25) is 4.79 Å². The standard InChI is InChI=1S/C16H27N3O/c1-4-5-10-19(12-16(17)20)15-9-7-6-8-14(15)11-18-13(2)3/h6-9,13,18H,4-5,10-12H2,1-3H3,(H2,17,20). The van der Waals surface area contributed by atoms with Crippen molar-refractivity contribution < 1.29 is 4.79 Å². The van der Waals surface area contributed by atoms with E-state index >= 15 is 0 Å². The number of nitrogens with one attached hydrogen (secondary N) is 1. The fourth-order valence-electron chi connectivity index (χ4n) is 2.10. The Labute approximate surface area is 122 Å². The Morgan fingerprint density at radius 3 is 2.65 bits per heavy atom. The minimum atomic E-state index is -0.285. The molecule has 0 fully saturated rings. The largest absolute Gasteiger partial charge is 0.368 e. The number of carbonyl (C=O) groups excluding carboxylic acids is 1. The normalized spacial score (nSPS) is 10.8. The molecular formula is C16H27N3O. The minimum absolute atomic E-state index is 0.276. The molecule has 1 aromatic carbocycles. The second-order valence-electron chi connectivity index (χ2n) is 5.41. The zero-order valence-corrected chi connectivity index (χ0v) is 12.9. The van der Waals surface area contributed by atoms with E-state index in [1.807, 2.05) is 12.1 Å². The molecule has 3 N–H and O–H groups in total. The number of rotatable bonds is 9. The van der Waals surface area contributed by atoms with Gasteiger partial charge in [0.1, 0.15) is 0 Å². The predicted molar refractivity (Wildman–Crippen MR) is 84.7 cm³/mol. The Hall–Kier alpha value is -1.55. The average molecular weight is 277 g/mol. The molecule has 0 aromatic heterocycles. The third-order valence-corrected chi connectivity index (χ3v) is 3.16. The van der Waals surface area contributed by atoms with Crippen LogP contribution >= 0.6 is 0 Å². The second kappa shape index (κ2) is 8.59. The second-order valence-corrected chi connectivity index (χ2v) is 5.41. The van der Waals surface area contributed by atoms with Crippen LogP contribution in [0.4, 0.5) is 5.69 Å². The SMILES string of the molecule is CCCCN(CC(N)=O)c1ccccc1CNC(C)C. The van der Waals surface area contributed by atoms with E-state index in [-0.39, 0.29) is 12.5 Å². The molecule has 0 saturated heterocycles. The molecule has 112 valence electrons. The van der Waals surface area contributed by atoms with Crippen molar-refractivity contribution in [3.63, 3.8) is 0 Å². The molecule has 0 aliphatic rings. The van der Waals surface area contributed by atoms with Crippen LogP contribution in [0, 0.1) is 0 Å². The van der Waals surface area contributed by atoms with E-state index in [4.69, 9.17) is 5.73 Å². The highest BCUT2D eigenvalue weighted by Crippen LogP contribution is 2.21. The maximum atomic E-state index is 11.3. The molecule has 1 amide bonds. The van der Waals surface area contributed by atoms with Crippen LogP contribution in [0.3, 0.4) is 0 Å². The van der Waals surface area contributed by atoms with Gasteiger partial charge in [-0.05, 0) is 18.1 Å². The molecular weight excluding hydrogens is 250 g/mol. The molecule has 0 heterocycles. The first-order valence-corrected chi connectivity index (χ1v) is 7.39. The van der Waals surface area contributed by atoms with Crippen LogP contribution in [0.15, 0.2) is 24.3 Å². The summed E-state index contributed by atoms with van der Waals surface area (Å²) in [7, 11) is 0. The highest BCUT2D eigenvalue weighted by molar-refractivity contribution is 5.80. The van der Waals surface area contributed by atoms with Crippen molar-refractivity contribution >= 4 is 11.6 Å². The van der Waals surface area contributed by atoms with Crippen LogP contribution in [-0.2, 0) is 11.3 Å². The number of benzene rings is 1. The van der Waals surface area contributed by atoms with Gasteiger partial charge in [-0.1, -0.05) is 45.4 Å². The number of primary amides is 1. The molecule has 1 aromatic rings. The van der Waals surface area contributed by atoms with Crippen LogP contribution in [0.5, 0.6) is 0 Å². The molecule has 20 heavy (non-hydrogen) atoms. The van der Waals surface area contributed by atoms with Gasteiger partial charge in [0.05, 0.1) is 6.54 Å². The molecule has 4 nitrogen and oxygen atoms in total. The van der Waals surface area contributed by atoms with Crippen LogP contribution in [0.25, 0.3) is 0 Å². The summed E-state index contributed by atoms with van der Waals surface area (Å²) in [6.07, 6.45) is 2.15. The Morgan fingerprint density at radius 1 is 1.35 bits per heavy atom. The molecule has 0 saturated carbocycles. The molecule has 0 atom stereocenters. The Kier molecular flexibility index (Phi) is 7.09. The fourth-order valence-corrected chi connectivity index (χ4v) is 2.10. The first-order chi connectivity index (χ1) is 9.54. The summed E-state index contributed by atoms with van der Waals surface area (Å²) < 4.78 is 0. The highest BCUT2D eigenvalue weighted by atomic mass is 16.1. The number of anilines is 1. The zero-order valence-electron chi connectivity index (χ0n) is 12.9. The summed E-state index contributed by atoms with van der Waals surface area (Å²) >= 11 is 0. The Morgan fingerprint density at radius 2 is 2.05 bits per heavy atom. The van der Waals surface area contributed by atoms with Crippen molar-refractivity contribution in [1.29, 1.82) is 0 Å². The lowest BCUT2D eigenvalue weighted by molar-refractivity contribution is -0.116. The van der Waals surface area contributed by atoms with Crippen LogP contribution in [0.1, 0.15) is 39.2 Å². The summed E-state index contributed by atoms with van der Waals surface area (Å²) in [5.74, 6) is -0.285. The Bertz CT molecular complexity index is 418. The van der Waals surface area contributed by atoms with Gasteiger partial charge >= 0.3 is 0 Å². The molecule has 1 rings (SSSR count). The van der Waals surface area contributed by atoms with Crippen molar-refractivity contribution in [2.75, 3.05) is 18.0 Å². The van der Waals surface area contributed by atoms with Crippen LogP contribution < -0.4 is 16.0 Å². The number of unbranched alkanes of at least 4 members (excludes halogenated alkanes) is 1. The van der Waals surface area contributed by atoms with Crippen LogP contribution in [-0.4, -0.2) is 25.0 Å². The van der Waals surface area contributed by atoms with Crippen molar-refractivity contribution in [1.82, 2.24) is 5.32 Å². The average Bonchev–Trinajstić information content (AvgIpc) is 2.41. The molecule has 0 spiro atoms. The maximum Gasteiger partial charge on any atom is 0.236 e. The first-order valence-electron chi connectivity index (χ1n) is 7.39. The lowest BCUT2D eigenvalue weighted by Crippen LogP contribution is -2.35. The van der Waals surface area contributed by atoms with Gasteiger partial charge in [-0.2, -0.15) is 0 Å². The number of nitrogens with two attached hydrogens (primary N) is 1. The number of para-hydroxylation sites is 1. The topological polar surface area (TPSA) is 58.4 Å². The van der Waals surface area contributed by atoms with Gasteiger partial charge < -0.3 is 16.0 Å².